The Bertz CT molecular complexity index is 674. The minimum Gasteiger partial charge on any atom is -0.478 e. The van der Waals surface area contributed by atoms with Gasteiger partial charge in [0.15, 0.2) is 0 Å². The van der Waals surface area contributed by atoms with Crippen molar-refractivity contribution in [2.45, 2.75) is 57.6 Å². The Morgan fingerprint density at radius 2 is 1.96 bits per heavy atom. The molecule has 0 fully saturated rings. The summed E-state index contributed by atoms with van der Waals surface area (Å²) in [4.78, 5) is 11.4. The van der Waals surface area contributed by atoms with Crippen LogP contribution in [0, 0.1) is 0 Å². The molecular formula is C17H28N2O5S. The first-order valence-corrected chi connectivity index (χ1v) is 9.90. The number of rotatable bonds is 11. The van der Waals surface area contributed by atoms with Crippen molar-refractivity contribution in [3.05, 3.63) is 23.8 Å². The van der Waals surface area contributed by atoms with E-state index in [1.165, 1.54) is 18.2 Å². The number of anilines is 1. The fourth-order valence-electron chi connectivity index (χ4n) is 2.05. The molecule has 0 aromatic heterocycles. The SMILES string of the molecule is CC[C@@H](C)NS(=O)(=O)c1ccc(NCCCOC(C)C)c(C(=O)O)c1. The van der Waals surface area contributed by atoms with Gasteiger partial charge in [0.1, 0.15) is 0 Å². The van der Waals surface area contributed by atoms with E-state index in [4.69, 9.17) is 4.74 Å². The van der Waals surface area contributed by atoms with E-state index < -0.39 is 16.0 Å². The van der Waals surface area contributed by atoms with E-state index in [0.29, 0.717) is 31.7 Å². The molecular weight excluding hydrogens is 344 g/mol. The average Bonchev–Trinajstić information content (AvgIpc) is 2.53. The maximum Gasteiger partial charge on any atom is 0.337 e. The van der Waals surface area contributed by atoms with Crippen molar-refractivity contribution in [3.63, 3.8) is 0 Å². The van der Waals surface area contributed by atoms with E-state index >= 15 is 0 Å². The number of benzene rings is 1. The Kier molecular flexibility index (Phi) is 8.34. The first kappa shape index (κ1) is 21.4. The van der Waals surface area contributed by atoms with Crippen molar-refractivity contribution in [1.29, 1.82) is 0 Å². The van der Waals surface area contributed by atoms with Gasteiger partial charge in [-0.05, 0) is 51.8 Å². The van der Waals surface area contributed by atoms with Crippen molar-refractivity contribution in [1.82, 2.24) is 4.72 Å². The molecule has 0 radical (unpaired) electrons. The lowest BCUT2D eigenvalue weighted by Gasteiger charge is -2.15. The Morgan fingerprint density at radius 1 is 1.28 bits per heavy atom. The third kappa shape index (κ3) is 7.01. The van der Waals surface area contributed by atoms with E-state index in [0.717, 1.165) is 0 Å². The first-order chi connectivity index (χ1) is 11.7. The van der Waals surface area contributed by atoms with Gasteiger partial charge in [-0.1, -0.05) is 6.92 Å². The van der Waals surface area contributed by atoms with Crippen molar-refractivity contribution >= 4 is 21.7 Å². The molecule has 0 bridgehead atoms. The maximum absolute atomic E-state index is 12.3. The van der Waals surface area contributed by atoms with Gasteiger partial charge in [0.25, 0.3) is 0 Å². The number of nitrogens with one attached hydrogen (secondary N) is 2. The van der Waals surface area contributed by atoms with Crippen molar-refractivity contribution in [2.75, 3.05) is 18.5 Å². The van der Waals surface area contributed by atoms with Crippen LogP contribution in [0.3, 0.4) is 0 Å². The number of carboxylic acid groups (broad SMARTS) is 1. The van der Waals surface area contributed by atoms with E-state index in [1.54, 1.807) is 6.92 Å². The highest BCUT2D eigenvalue weighted by Gasteiger charge is 2.20. The predicted molar refractivity (Wildman–Crippen MR) is 97.7 cm³/mol. The van der Waals surface area contributed by atoms with Gasteiger partial charge in [-0.15, -0.1) is 0 Å². The molecule has 1 aromatic rings. The highest BCUT2D eigenvalue weighted by molar-refractivity contribution is 7.89. The highest BCUT2D eigenvalue weighted by Crippen LogP contribution is 2.21. The van der Waals surface area contributed by atoms with E-state index in [-0.39, 0.29) is 22.6 Å². The predicted octanol–water partition coefficient (Wildman–Crippen LogP) is 2.69. The summed E-state index contributed by atoms with van der Waals surface area (Å²) < 4.78 is 32.6. The van der Waals surface area contributed by atoms with Crippen LogP contribution in [0.5, 0.6) is 0 Å². The fourth-order valence-corrected chi connectivity index (χ4v) is 3.40. The van der Waals surface area contributed by atoms with Gasteiger partial charge in [0.05, 0.1) is 16.6 Å². The smallest absolute Gasteiger partial charge is 0.337 e. The Labute approximate surface area is 149 Å². The molecule has 3 N–H and O–H groups in total. The van der Waals surface area contributed by atoms with E-state index in [2.05, 4.69) is 10.0 Å². The molecule has 0 aliphatic rings. The third-order valence-electron chi connectivity index (χ3n) is 3.59. The molecule has 1 atom stereocenters. The lowest BCUT2D eigenvalue weighted by Crippen LogP contribution is -2.32. The number of carbonyl (C=O) groups is 1. The number of ether oxygens (including phenoxy) is 1. The zero-order chi connectivity index (χ0) is 19.0. The lowest BCUT2D eigenvalue weighted by molar-refractivity contribution is 0.0697. The summed E-state index contributed by atoms with van der Waals surface area (Å²) in [5.41, 5.74) is 0.316. The summed E-state index contributed by atoms with van der Waals surface area (Å²) in [6.07, 6.45) is 1.51. The average molecular weight is 372 g/mol. The number of carboxylic acids is 1. The fraction of sp³-hybridized carbons (Fsp3) is 0.588. The first-order valence-electron chi connectivity index (χ1n) is 8.42. The van der Waals surface area contributed by atoms with Crippen molar-refractivity contribution < 1.29 is 23.1 Å². The molecule has 0 aliphatic carbocycles. The third-order valence-corrected chi connectivity index (χ3v) is 5.18. The number of hydrogen-bond donors (Lipinski definition) is 3. The normalized spacial score (nSPS) is 13.0. The van der Waals surface area contributed by atoms with Crippen LogP contribution in [0.4, 0.5) is 5.69 Å². The Balaban J connectivity index is 2.87. The maximum atomic E-state index is 12.3. The molecule has 0 amide bonds. The number of hydrogen-bond acceptors (Lipinski definition) is 5. The van der Waals surface area contributed by atoms with Crippen LogP contribution in [0.25, 0.3) is 0 Å². The summed E-state index contributed by atoms with van der Waals surface area (Å²) in [5.74, 6) is -1.18. The zero-order valence-corrected chi connectivity index (χ0v) is 16.0. The van der Waals surface area contributed by atoms with Crippen LogP contribution in [-0.4, -0.2) is 44.8 Å². The van der Waals surface area contributed by atoms with Gasteiger partial charge in [0, 0.05) is 24.9 Å². The topological polar surface area (TPSA) is 105 Å². The monoisotopic (exact) mass is 372 g/mol. The second-order valence-electron chi connectivity index (χ2n) is 6.14. The van der Waals surface area contributed by atoms with Crippen LogP contribution in [0.2, 0.25) is 0 Å². The van der Waals surface area contributed by atoms with Crippen molar-refractivity contribution in [2.24, 2.45) is 0 Å². The minimum absolute atomic E-state index is 0.0566. The molecule has 0 aliphatic heterocycles. The van der Waals surface area contributed by atoms with Gasteiger partial charge >= 0.3 is 5.97 Å². The van der Waals surface area contributed by atoms with Crippen LogP contribution >= 0.6 is 0 Å². The summed E-state index contributed by atoms with van der Waals surface area (Å²) in [6, 6.07) is 3.85. The van der Waals surface area contributed by atoms with E-state index in [1.807, 2.05) is 20.8 Å². The van der Waals surface area contributed by atoms with E-state index in [9.17, 15) is 18.3 Å². The molecule has 0 heterocycles. The lowest BCUT2D eigenvalue weighted by atomic mass is 10.2. The largest absolute Gasteiger partial charge is 0.478 e. The molecule has 142 valence electrons. The summed E-state index contributed by atoms with van der Waals surface area (Å²) in [6.45, 7) is 8.62. The van der Waals surface area contributed by atoms with Crippen LogP contribution in [0.1, 0.15) is 50.9 Å². The summed E-state index contributed by atoms with van der Waals surface area (Å²) in [7, 11) is -3.74. The number of sulfonamides is 1. The van der Waals surface area contributed by atoms with Crippen LogP contribution in [0.15, 0.2) is 23.1 Å². The minimum atomic E-state index is -3.74. The van der Waals surface area contributed by atoms with Crippen molar-refractivity contribution in [3.8, 4) is 0 Å². The van der Waals surface area contributed by atoms with Gasteiger partial charge in [0.2, 0.25) is 10.0 Å². The highest BCUT2D eigenvalue weighted by atomic mass is 32.2. The molecule has 0 unspecified atom stereocenters. The molecule has 1 rings (SSSR count). The standard InChI is InChI=1S/C17H28N2O5S/c1-5-13(4)19-25(22,23)14-7-8-16(15(11-14)17(20)21)18-9-6-10-24-12(2)3/h7-8,11-13,18-19H,5-6,9-10H2,1-4H3,(H,20,21)/t13-/m1/s1. The Morgan fingerprint density at radius 3 is 2.52 bits per heavy atom. The zero-order valence-electron chi connectivity index (χ0n) is 15.2. The second kappa shape index (κ2) is 9.74. The molecule has 0 spiro atoms. The van der Waals surface area contributed by atoms with Gasteiger partial charge in [-0.25, -0.2) is 17.9 Å². The molecule has 0 saturated heterocycles. The number of aromatic carboxylic acids is 1. The second-order valence-corrected chi connectivity index (χ2v) is 7.86. The molecule has 7 nitrogen and oxygen atoms in total. The molecule has 0 saturated carbocycles. The van der Waals surface area contributed by atoms with Gasteiger partial charge in [-0.2, -0.15) is 0 Å². The van der Waals surface area contributed by atoms with Gasteiger partial charge < -0.3 is 15.2 Å². The molecule has 25 heavy (non-hydrogen) atoms. The molecule has 1 aromatic carbocycles. The molecule has 8 heteroatoms. The van der Waals surface area contributed by atoms with Crippen LogP contribution in [-0.2, 0) is 14.8 Å². The van der Waals surface area contributed by atoms with Crippen LogP contribution < -0.4 is 10.0 Å². The quantitative estimate of drug-likeness (QED) is 0.516. The summed E-state index contributed by atoms with van der Waals surface area (Å²) >= 11 is 0. The Hall–Kier alpha value is -1.64. The summed E-state index contributed by atoms with van der Waals surface area (Å²) in [5, 5.41) is 12.4. The van der Waals surface area contributed by atoms with Gasteiger partial charge in [-0.3, -0.25) is 0 Å².